The highest BCUT2D eigenvalue weighted by Gasteiger charge is 2.28. The number of nitrogens with zero attached hydrogens (tertiary/aromatic N) is 3. The number of hydrogen-bond acceptors (Lipinski definition) is 6. The topological polar surface area (TPSA) is 94.2 Å². The molecule has 4 amide bonds. The Hall–Kier alpha value is -1.71. The van der Waals surface area contributed by atoms with Gasteiger partial charge in [0, 0.05) is 45.3 Å². The van der Waals surface area contributed by atoms with E-state index in [9.17, 15) is 14.4 Å². The lowest BCUT2D eigenvalue weighted by Gasteiger charge is -2.38. The fourth-order valence-corrected chi connectivity index (χ4v) is 4.09. The van der Waals surface area contributed by atoms with Crippen molar-refractivity contribution in [2.75, 3.05) is 59.0 Å². The Labute approximate surface area is 166 Å². The van der Waals surface area contributed by atoms with Gasteiger partial charge in [-0.25, -0.2) is 4.79 Å². The van der Waals surface area contributed by atoms with Gasteiger partial charge in [0.2, 0.25) is 11.8 Å². The highest BCUT2D eigenvalue weighted by Crippen LogP contribution is 2.17. The number of morpholine rings is 1. The van der Waals surface area contributed by atoms with E-state index in [2.05, 4.69) is 20.4 Å². The Bertz CT molecular complexity index is 553. The average Bonchev–Trinajstić information content (AvgIpc) is 3.21. The van der Waals surface area contributed by atoms with Crippen LogP contribution < -0.4 is 10.6 Å². The molecule has 0 aromatic carbocycles. The molecule has 2 saturated heterocycles. The van der Waals surface area contributed by atoms with Crippen LogP contribution in [0.2, 0.25) is 0 Å². The van der Waals surface area contributed by atoms with E-state index < -0.39 is 6.03 Å². The van der Waals surface area contributed by atoms with E-state index in [4.69, 9.17) is 4.74 Å². The Balaban J connectivity index is 1.36. The van der Waals surface area contributed by atoms with Crippen molar-refractivity contribution in [1.29, 1.82) is 0 Å². The summed E-state index contributed by atoms with van der Waals surface area (Å²) in [7, 11) is 0. The monoisotopic (exact) mass is 395 g/mol. The molecular formula is C19H33N5O4. The van der Waals surface area contributed by atoms with Crippen LogP contribution in [-0.2, 0) is 14.3 Å². The molecule has 158 valence electrons. The van der Waals surface area contributed by atoms with Crippen LogP contribution in [0.3, 0.4) is 0 Å². The SMILES string of the molecule is C[C@@H](C(=O)NC(=O)NC1CCCC1)N1CCN(CC(=O)N2CCOCC2)CC1. The number of rotatable bonds is 5. The number of carbonyl (C=O) groups is 3. The van der Waals surface area contributed by atoms with Crippen molar-refractivity contribution < 1.29 is 19.1 Å². The number of ether oxygens (including phenoxy) is 1. The lowest BCUT2D eigenvalue weighted by atomic mass is 10.2. The Morgan fingerprint density at radius 3 is 2.29 bits per heavy atom. The van der Waals surface area contributed by atoms with Crippen molar-refractivity contribution in [3.8, 4) is 0 Å². The first-order valence-corrected chi connectivity index (χ1v) is 10.5. The third-order valence-corrected chi connectivity index (χ3v) is 5.98. The van der Waals surface area contributed by atoms with E-state index >= 15 is 0 Å². The van der Waals surface area contributed by atoms with Gasteiger partial charge in [0.1, 0.15) is 0 Å². The van der Waals surface area contributed by atoms with Crippen molar-refractivity contribution in [2.45, 2.75) is 44.7 Å². The normalized spacial score (nSPS) is 23.4. The summed E-state index contributed by atoms with van der Waals surface area (Å²) in [6.07, 6.45) is 4.24. The minimum atomic E-state index is -0.390. The molecule has 3 fully saturated rings. The number of hydrogen-bond donors (Lipinski definition) is 2. The molecule has 0 bridgehead atoms. The third kappa shape index (κ3) is 5.89. The molecule has 1 saturated carbocycles. The second-order valence-corrected chi connectivity index (χ2v) is 7.93. The number of imide groups is 1. The fraction of sp³-hybridized carbons (Fsp3) is 0.842. The fourth-order valence-electron chi connectivity index (χ4n) is 4.09. The van der Waals surface area contributed by atoms with Crippen LogP contribution in [0.4, 0.5) is 4.79 Å². The molecule has 2 heterocycles. The van der Waals surface area contributed by atoms with Crippen molar-refractivity contribution in [3.63, 3.8) is 0 Å². The Morgan fingerprint density at radius 1 is 1.00 bits per heavy atom. The van der Waals surface area contributed by atoms with Crippen LogP contribution in [0.15, 0.2) is 0 Å². The zero-order chi connectivity index (χ0) is 19.9. The largest absolute Gasteiger partial charge is 0.378 e. The number of piperazine rings is 1. The van der Waals surface area contributed by atoms with Gasteiger partial charge in [-0.05, 0) is 19.8 Å². The van der Waals surface area contributed by atoms with E-state index in [0.717, 1.165) is 38.8 Å². The van der Waals surface area contributed by atoms with E-state index in [1.54, 1.807) is 0 Å². The molecule has 0 radical (unpaired) electrons. The van der Waals surface area contributed by atoms with Gasteiger partial charge in [-0.3, -0.25) is 24.7 Å². The molecule has 9 nitrogen and oxygen atoms in total. The van der Waals surface area contributed by atoms with Gasteiger partial charge in [-0.1, -0.05) is 12.8 Å². The third-order valence-electron chi connectivity index (χ3n) is 5.98. The number of carbonyl (C=O) groups excluding carboxylic acids is 3. The molecule has 0 unspecified atom stereocenters. The summed E-state index contributed by atoms with van der Waals surface area (Å²) in [5.74, 6) is -0.125. The summed E-state index contributed by atoms with van der Waals surface area (Å²) in [6, 6.07) is -0.569. The molecular weight excluding hydrogens is 362 g/mol. The molecule has 9 heteroatoms. The molecule has 3 rings (SSSR count). The average molecular weight is 396 g/mol. The van der Waals surface area contributed by atoms with Crippen molar-refractivity contribution >= 4 is 17.8 Å². The van der Waals surface area contributed by atoms with Crippen molar-refractivity contribution in [3.05, 3.63) is 0 Å². The van der Waals surface area contributed by atoms with Gasteiger partial charge in [0.15, 0.2) is 0 Å². The van der Waals surface area contributed by atoms with E-state index in [1.807, 2.05) is 11.8 Å². The first kappa shape index (κ1) is 21.0. The van der Waals surface area contributed by atoms with Crippen molar-refractivity contribution in [2.24, 2.45) is 0 Å². The maximum absolute atomic E-state index is 12.4. The van der Waals surface area contributed by atoms with E-state index in [-0.39, 0.29) is 23.9 Å². The number of urea groups is 1. The smallest absolute Gasteiger partial charge is 0.321 e. The lowest BCUT2D eigenvalue weighted by Crippen LogP contribution is -2.57. The first-order valence-electron chi connectivity index (χ1n) is 10.5. The summed E-state index contributed by atoms with van der Waals surface area (Å²) in [6.45, 7) is 7.68. The van der Waals surface area contributed by atoms with Gasteiger partial charge < -0.3 is 15.0 Å². The molecule has 0 aromatic heterocycles. The van der Waals surface area contributed by atoms with Gasteiger partial charge in [0.25, 0.3) is 0 Å². The second-order valence-electron chi connectivity index (χ2n) is 7.93. The molecule has 0 spiro atoms. The molecule has 1 atom stereocenters. The summed E-state index contributed by atoms with van der Waals surface area (Å²) in [5, 5.41) is 5.35. The second kappa shape index (κ2) is 10.2. The quantitative estimate of drug-likeness (QED) is 0.659. The predicted molar refractivity (Wildman–Crippen MR) is 104 cm³/mol. The first-order chi connectivity index (χ1) is 13.5. The lowest BCUT2D eigenvalue weighted by molar-refractivity contribution is -0.137. The van der Waals surface area contributed by atoms with Gasteiger partial charge in [0.05, 0.1) is 25.8 Å². The van der Waals surface area contributed by atoms with Crippen molar-refractivity contribution in [1.82, 2.24) is 25.3 Å². The van der Waals surface area contributed by atoms with Crippen LogP contribution in [0.5, 0.6) is 0 Å². The van der Waals surface area contributed by atoms with Gasteiger partial charge >= 0.3 is 6.03 Å². The Morgan fingerprint density at radius 2 is 1.64 bits per heavy atom. The molecule has 28 heavy (non-hydrogen) atoms. The summed E-state index contributed by atoms with van der Waals surface area (Å²) in [5.41, 5.74) is 0. The summed E-state index contributed by atoms with van der Waals surface area (Å²) >= 11 is 0. The zero-order valence-electron chi connectivity index (χ0n) is 16.8. The number of amides is 4. The zero-order valence-corrected chi connectivity index (χ0v) is 16.8. The maximum atomic E-state index is 12.4. The van der Waals surface area contributed by atoms with Crippen LogP contribution >= 0.6 is 0 Å². The number of nitrogens with one attached hydrogen (secondary N) is 2. The molecule has 2 aliphatic heterocycles. The minimum Gasteiger partial charge on any atom is -0.378 e. The molecule has 3 aliphatic rings. The van der Waals surface area contributed by atoms with Gasteiger partial charge in [-0.2, -0.15) is 0 Å². The molecule has 0 aromatic rings. The van der Waals surface area contributed by atoms with Crippen LogP contribution in [0.25, 0.3) is 0 Å². The summed E-state index contributed by atoms with van der Waals surface area (Å²) < 4.78 is 5.29. The van der Waals surface area contributed by atoms with Gasteiger partial charge in [-0.15, -0.1) is 0 Å². The van der Waals surface area contributed by atoms with Crippen LogP contribution in [0, 0.1) is 0 Å². The highest BCUT2D eigenvalue weighted by atomic mass is 16.5. The predicted octanol–water partition coefficient (Wildman–Crippen LogP) is -0.380. The molecule has 1 aliphatic carbocycles. The maximum Gasteiger partial charge on any atom is 0.321 e. The van der Waals surface area contributed by atoms with E-state index in [1.165, 1.54) is 0 Å². The minimum absolute atomic E-state index is 0.145. The van der Waals surface area contributed by atoms with Crippen LogP contribution in [0.1, 0.15) is 32.6 Å². The Kier molecular flexibility index (Phi) is 7.64. The standard InChI is InChI=1S/C19H33N5O4/c1-15(18(26)21-19(27)20-16-4-2-3-5-16)23-8-6-22(7-9-23)14-17(25)24-10-12-28-13-11-24/h15-16H,2-14H2,1H3,(H2,20,21,26,27)/t15-/m0/s1. The summed E-state index contributed by atoms with van der Waals surface area (Å²) in [4.78, 5) is 42.8. The van der Waals surface area contributed by atoms with Crippen LogP contribution in [-0.4, -0.2) is 104 Å². The van der Waals surface area contributed by atoms with E-state index in [0.29, 0.717) is 45.9 Å². The highest BCUT2D eigenvalue weighted by molar-refractivity contribution is 5.96. The molecule has 2 N–H and O–H groups in total.